The van der Waals surface area contributed by atoms with Crippen LogP contribution >= 0.6 is 11.6 Å². The number of carbonyl (C=O) groups excluding carboxylic acids is 4. The Morgan fingerprint density at radius 3 is 2.32 bits per heavy atom. The molecule has 3 rings (SSSR count). The van der Waals surface area contributed by atoms with Gasteiger partial charge in [0.1, 0.15) is 18.3 Å². The van der Waals surface area contributed by atoms with Crippen LogP contribution in [-0.2, 0) is 38.1 Å². The summed E-state index contributed by atoms with van der Waals surface area (Å²) >= 11 is 6.69. The molecule has 1 fully saturated rings. The first-order valence-corrected chi connectivity index (χ1v) is 12.8. The number of esters is 4. The van der Waals surface area contributed by atoms with Crippen molar-refractivity contribution in [3.63, 3.8) is 0 Å². The predicted molar refractivity (Wildman–Crippen MR) is 133 cm³/mol. The van der Waals surface area contributed by atoms with Crippen molar-refractivity contribution in [3.05, 3.63) is 36.5 Å². The Kier molecular flexibility index (Phi) is 8.29. The first kappa shape index (κ1) is 28.9. The molecule has 0 aromatic rings. The van der Waals surface area contributed by atoms with E-state index in [1.165, 1.54) is 20.8 Å². The van der Waals surface area contributed by atoms with Crippen LogP contribution in [0, 0.1) is 23.2 Å². The van der Waals surface area contributed by atoms with E-state index in [2.05, 4.69) is 6.58 Å². The summed E-state index contributed by atoms with van der Waals surface area (Å²) in [6.45, 7) is 13.1. The van der Waals surface area contributed by atoms with Crippen molar-refractivity contribution in [2.24, 2.45) is 23.2 Å². The lowest BCUT2D eigenvalue weighted by molar-refractivity contribution is -0.211. The minimum atomic E-state index is -2.09. The molecule has 37 heavy (non-hydrogen) atoms. The van der Waals surface area contributed by atoms with E-state index in [9.17, 15) is 24.3 Å². The van der Waals surface area contributed by atoms with E-state index in [0.29, 0.717) is 5.57 Å². The summed E-state index contributed by atoms with van der Waals surface area (Å²) in [7, 11) is 0. The van der Waals surface area contributed by atoms with Crippen LogP contribution in [0.5, 0.6) is 0 Å². The number of alkyl halides is 1. The summed E-state index contributed by atoms with van der Waals surface area (Å²) in [4.78, 5) is 49.7. The van der Waals surface area contributed by atoms with Crippen LogP contribution in [0.4, 0.5) is 0 Å². The van der Waals surface area contributed by atoms with Crippen LogP contribution in [0.1, 0.15) is 48.0 Å². The Balaban J connectivity index is 2.34. The fourth-order valence-electron chi connectivity index (χ4n) is 5.77. The van der Waals surface area contributed by atoms with E-state index in [4.69, 9.17) is 30.5 Å². The quantitative estimate of drug-likeness (QED) is 0.249. The third kappa shape index (κ3) is 5.08. The minimum Gasteiger partial charge on any atom is -0.459 e. The molecule has 0 spiro atoms. The average molecular weight is 539 g/mol. The molecule has 0 saturated carbocycles. The normalized spacial score (nSPS) is 41.2. The van der Waals surface area contributed by atoms with Crippen LogP contribution in [0.3, 0.4) is 0 Å². The standard InChI is InChI=1S/C27H35ClO9/c1-8-20(31)36-18-11-12-26(7)19(34-16(5)29)10-9-13(2)22(28)24-27(33,15(4)25(32)37-24)23(35-17(6)30)21(26)14(18)3/h9-12,14-15,18-19,21-24,33H,2,8H2,1,3-7H3. The summed E-state index contributed by atoms with van der Waals surface area (Å²) in [6.07, 6.45) is 2.45. The molecule has 10 unspecified atom stereocenters. The summed E-state index contributed by atoms with van der Waals surface area (Å²) in [5, 5.41) is 11.2. The molecular weight excluding hydrogens is 504 g/mol. The Morgan fingerprint density at radius 2 is 1.76 bits per heavy atom. The maximum absolute atomic E-state index is 12.8. The molecule has 1 heterocycles. The number of fused-ring (bicyclic) bond motifs is 2. The Hall–Kier alpha value is -2.65. The highest BCUT2D eigenvalue weighted by Crippen LogP contribution is 2.54. The van der Waals surface area contributed by atoms with Gasteiger partial charge in [-0.05, 0) is 24.6 Å². The average Bonchev–Trinajstić information content (AvgIpc) is 3.05. The number of carbonyl (C=O) groups is 4. The molecule has 1 N–H and O–H groups in total. The van der Waals surface area contributed by atoms with Crippen LogP contribution < -0.4 is 0 Å². The molecule has 0 bridgehead atoms. The van der Waals surface area contributed by atoms with Gasteiger partial charge in [-0.3, -0.25) is 19.2 Å². The van der Waals surface area contributed by atoms with Gasteiger partial charge in [-0.15, -0.1) is 11.6 Å². The fourth-order valence-corrected chi connectivity index (χ4v) is 6.10. The van der Waals surface area contributed by atoms with Crippen molar-refractivity contribution >= 4 is 35.5 Å². The number of hydrogen-bond acceptors (Lipinski definition) is 9. The Labute approximate surface area is 221 Å². The molecular formula is C27H35ClO9. The number of halogens is 1. The van der Waals surface area contributed by atoms with Gasteiger partial charge >= 0.3 is 23.9 Å². The Morgan fingerprint density at radius 1 is 1.14 bits per heavy atom. The van der Waals surface area contributed by atoms with E-state index in [-0.39, 0.29) is 6.42 Å². The molecule has 9 nitrogen and oxygen atoms in total. The lowest BCUT2D eigenvalue weighted by Gasteiger charge is -2.53. The van der Waals surface area contributed by atoms with Gasteiger partial charge in [0.15, 0.2) is 11.7 Å². The van der Waals surface area contributed by atoms with Gasteiger partial charge in [0.2, 0.25) is 0 Å². The van der Waals surface area contributed by atoms with Gasteiger partial charge in [-0.25, -0.2) is 0 Å². The van der Waals surface area contributed by atoms with Gasteiger partial charge in [0.25, 0.3) is 0 Å². The number of allylic oxidation sites excluding steroid dienone is 1. The monoisotopic (exact) mass is 538 g/mol. The second-order valence-electron chi connectivity index (χ2n) is 10.3. The first-order chi connectivity index (χ1) is 17.2. The summed E-state index contributed by atoms with van der Waals surface area (Å²) < 4.78 is 22.8. The maximum atomic E-state index is 12.8. The summed E-state index contributed by atoms with van der Waals surface area (Å²) in [6, 6.07) is 0. The number of aliphatic hydroxyl groups is 1. The van der Waals surface area contributed by atoms with Crippen molar-refractivity contribution < 1.29 is 43.2 Å². The van der Waals surface area contributed by atoms with E-state index < -0.39 is 82.4 Å². The maximum Gasteiger partial charge on any atom is 0.312 e. The highest BCUT2D eigenvalue weighted by atomic mass is 35.5. The third-order valence-corrected chi connectivity index (χ3v) is 8.35. The predicted octanol–water partition coefficient (Wildman–Crippen LogP) is 3.03. The smallest absolute Gasteiger partial charge is 0.312 e. The van der Waals surface area contributed by atoms with Crippen molar-refractivity contribution in [2.75, 3.05) is 0 Å². The van der Waals surface area contributed by atoms with E-state index in [1.54, 1.807) is 45.1 Å². The molecule has 10 heteroatoms. The molecule has 0 aromatic carbocycles. The molecule has 2 aliphatic carbocycles. The van der Waals surface area contributed by atoms with Gasteiger partial charge in [0, 0.05) is 37.5 Å². The first-order valence-electron chi connectivity index (χ1n) is 12.4. The third-order valence-electron chi connectivity index (χ3n) is 7.84. The van der Waals surface area contributed by atoms with Crippen LogP contribution in [0.2, 0.25) is 0 Å². The zero-order chi connectivity index (χ0) is 27.9. The number of ether oxygens (including phenoxy) is 4. The summed E-state index contributed by atoms with van der Waals surface area (Å²) in [5.41, 5.74) is -2.88. The lowest BCUT2D eigenvalue weighted by Crippen LogP contribution is -2.65. The zero-order valence-corrected chi connectivity index (χ0v) is 22.7. The van der Waals surface area contributed by atoms with Crippen molar-refractivity contribution in [3.8, 4) is 0 Å². The van der Waals surface area contributed by atoms with Gasteiger partial charge in [-0.2, -0.15) is 0 Å². The number of rotatable bonds is 4. The fraction of sp³-hybridized carbons (Fsp3) is 0.630. The van der Waals surface area contributed by atoms with E-state index in [0.717, 1.165) is 0 Å². The van der Waals surface area contributed by atoms with Crippen LogP contribution in [0.25, 0.3) is 0 Å². The van der Waals surface area contributed by atoms with E-state index >= 15 is 0 Å². The molecule has 1 aliphatic heterocycles. The zero-order valence-electron chi connectivity index (χ0n) is 21.9. The van der Waals surface area contributed by atoms with Crippen molar-refractivity contribution in [1.29, 1.82) is 0 Å². The molecule has 0 radical (unpaired) electrons. The highest BCUT2D eigenvalue weighted by molar-refractivity contribution is 6.23. The van der Waals surface area contributed by atoms with Gasteiger partial charge < -0.3 is 24.1 Å². The largest absolute Gasteiger partial charge is 0.459 e. The second kappa shape index (κ2) is 10.6. The highest BCUT2D eigenvalue weighted by Gasteiger charge is 2.68. The minimum absolute atomic E-state index is 0.145. The molecule has 3 aliphatic rings. The molecule has 204 valence electrons. The second-order valence-corrected chi connectivity index (χ2v) is 10.8. The lowest BCUT2D eigenvalue weighted by atomic mass is 9.56. The SMILES string of the molecule is C=C1C=CC(OC(C)=O)C2(C)C=CC(OC(=O)CC)C(C)C2C(OC(C)=O)C2(O)C(C)C(=O)OC2C1Cl. The van der Waals surface area contributed by atoms with Crippen molar-refractivity contribution in [2.45, 2.75) is 83.4 Å². The molecule has 10 atom stereocenters. The van der Waals surface area contributed by atoms with Crippen LogP contribution in [0.15, 0.2) is 36.5 Å². The van der Waals surface area contributed by atoms with Gasteiger partial charge in [-0.1, -0.05) is 39.5 Å². The van der Waals surface area contributed by atoms with E-state index in [1.807, 2.05) is 0 Å². The van der Waals surface area contributed by atoms with Crippen molar-refractivity contribution in [1.82, 2.24) is 0 Å². The number of hydrogen-bond donors (Lipinski definition) is 1. The molecule has 0 aromatic heterocycles. The van der Waals surface area contributed by atoms with Crippen LogP contribution in [-0.4, -0.2) is 64.4 Å². The summed E-state index contributed by atoms with van der Waals surface area (Å²) in [5.74, 6) is -4.95. The molecule has 0 amide bonds. The topological polar surface area (TPSA) is 125 Å². The van der Waals surface area contributed by atoms with Gasteiger partial charge in [0.05, 0.1) is 11.3 Å². The molecule has 1 saturated heterocycles. The Bertz CT molecular complexity index is 1030.